The zero-order valence-electron chi connectivity index (χ0n) is 11.0. The molecular formula is C14H18N4O. The minimum atomic E-state index is -0.000799. The topological polar surface area (TPSA) is 75.0 Å². The molecule has 0 bridgehead atoms. The Hall–Kier alpha value is -1.88. The van der Waals surface area contributed by atoms with Crippen LogP contribution < -0.4 is 5.73 Å². The predicted octanol–water partition coefficient (Wildman–Crippen LogP) is 1.49. The molecule has 3 N–H and O–H groups in total. The second-order valence-electron chi connectivity index (χ2n) is 5.09. The van der Waals surface area contributed by atoms with Gasteiger partial charge in [0, 0.05) is 6.54 Å². The van der Waals surface area contributed by atoms with E-state index >= 15 is 0 Å². The van der Waals surface area contributed by atoms with Crippen LogP contribution in [0, 0.1) is 6.92 Å². The van der Waals surface area contributed by atoms with Crippen LogP contribution in [0.25, 0.3) is 11.0 Å². The molecule has 2 heterocycles. The molecule has 2 aromatic rings. The average Bonchev–Trinajstić information content (AvgIpc) is 3.02. The van der Waals surface area contributed by atoms with Crippen molar-refractivity contribution < 1.29 is 4.79 Å². The SMILES string of the molecule is Cc1ccc2nc(C3CCCN3C(=O)CN)[nH]c2c1. The van der Waals surface area contributed by atoms with Gasteiger partial charge in [-0.2, -0.15) is 0 Å². The summed E-state index contributed by atoms with van der Waals surface area (Å²) in [5.74, 6) is 0.874. The molecule has 1 aliphatic heterocycles. The molecule has 0 aliphatic carbocycles. The number of aromatic amines is 1. The van der Waals surface area contributed by atoms with E-state index in [-0.39, 0.29) is 18.5 Å². The molecule has 1 aromatic heterocycles. The number of hydrogen-bond acceptors (Lipinski definition) is 3. The van der Waals surface area contributed by atoms with Gasteiger partial charge in [-0.25, -0.2) is 4.98 Å². The minimum Gasteiger partial charge on any atom is -0.340 e. The number of carbonyl (C=O) groups is 1. The number of imidazole rings is 1. The van der Waals surface area contributed by atoms with Gasteiger partial charge in [0.15, 0.2) is 0 Å². The van der Waals surface area contributed by atoms with Crippen molar-refractivity contribution in [1.82, 2.24) is 14.9 Å². The van der Waals surface area contributed by atoms with Gasteiger partial charge >= 0.3 is 0 Å². The van der Waals surface area contributed by atoms with Crippen molar-refractivity contribution in [3.8, 4) is 0 Å². The van der Waals surface area contributed by atoms with Gasteiger partial charge < -0.3 is 15.6 Å². The lowest BCUT2D eigenvalue weighted by atomic mass is 10.2. The van der Waals surface area contributed by atoms with Crippen LogP contribution in [-0.2, 0) is 4.79 Å². The van der Waals surface area contributed by atoms with Gasteiger partial charge in [0.25, 0.3) is 0 Å². The molecule has 0 saturated carbocycles. The Morgan fingerprint density at radius 3 is 3.21 bits per heavy atom. The van der Waals surface area contributed by atoms with Crippen LogP contribution in [0.2, 0.25) is 0 Å². The van der Waals surface area contributed by atoms with Crippen molar-refractivity contribution in [2.45, 2.75) is 25.8 Å². The predicted molar refractivity (Wildman–Crippen MR) is 73.6 cm³/mol. The lowest BCUT2D eigenvalue weighted by molar-refractivity contribution is -0.130. The maximum absolute atomic E-state index is 11.8. The molecule has 1 saturated heterocycles. The maximum Gasteiger partial charge on any atom is 0.236 e. The highest BCUT2D eigenvalue weighted by atomic mass is 16.2. The minimum absolute atomic E-state index is 0.000799. The Labute approximate surface area is 111 Å². The van der Waals surface area contributed by atoms with Gasteiger partial charge in [-0.05, 0) is 37.5 Å². The van der Waals surface area contributed by atoms with Crippen molar-refractivity contribution in [2.24, 2.45) is 5.73 Å². The van der Waals surface area contributed by atoms with E-state index < -0.39 is 0 Å². The second-order valence-corrected chi connectivity index (χ2v) is 5.09. The van der Waals surface area contributed by atoms with Crippen molar-refractivity contribution in [2.75, 3.05) is 13.1 Å². The molecule has 1 fully saturated rings. The number of hydrogen-bond donors (Lipinski definition) is 2. The first-order valence-corrected chi connectivity index (χ1v) is 6.65. The van der Waals surface area contributed by atoms with Crippen LogP contribution in [0.1, 0.15) is 30.3 Å². The Balaban J connectivity index is 1.97. The fourth-order valence-electron chi connectivity index (χ4n) is 2.77. The van der Waals surface area contributed by atoms with Crippen molar-refractivity contribution in [3.05, 3.63) is 29.6 Å². The zero-order chi connectivity index (χ0) is 13.4. The number of nitrogens with two attached hydrogens (primary N) is 1. The lowest BCUT2D eigenvalue weighted by Gasteiger charge is -2.22. The smallest absolute Gasteiger partial charge is 0.236 e. The summed E-state index contributed by atoms with van der Waals surface area (Å²) in [4.78, 5) is 21.6. The van der Waals surface area contributed by atoms with E-state index in [0.29, 0.717) is 0 Å². The van der Waals surface area contributed by atoms with Crippen LogP contribution in [-0.4, -0.2) is 33.9 Å². The normalized spacial score (nSPS) is 19.3. The lowest BCUT2D eigenvalue weighted by Crippen LogP contribution is -2.35. The first-order chi connectivity index (χ1) is 9.19. The molecular weight excluding hydrogens is 240 g/mol. The summed E-state index contributed by atoms with van der Waals surface area (Å²) < 4.78 is 0. The number of aromatic nitrogens is 2. The molecule has 100 valence electrons. The molecule has 5 nitrogen and oxygen atoms in total. The fraction of sp³-hybridized carbons (Fsp3) is 0.429. The standard InChI is InChI=1S/C14H18N4O/c1-9-4-5-10-11(7-9)17-14(16-10)12-3-2-6-18(12)13(19)8-15/h4-5,7,12H,2-3,6,8,15H2,1H3,(H,16,17). The van der Waals surface area contributed by atoms with Crippen LogP contribution >= 0.6 is 0 Å². The number of carbonyl (C=O) groups excluding carboxylic acids is 1. The number of fused-ring (bicyclic) bond motifs is 1. The Morgan fingerprint density at radius 2 is 2.42 bits per heavy atom. The summed E-state index contributed by atoms with van der Waals surface area (Å²) in [5, 5.41) is 0. The van der Waals surface area contributed by atoms with E-state index in [4.69, 9.17) is 5.73 Å². The number of rotatable bonds is 2. The van der Waals surface area contributed by atoms with Gasteiger partial charge in [-0.15, -0.1) is 0 Å². The summed E-state index contributed by atoms with van der Waals surface area (Å²) >= 11 is 0. The first kappa shape index (κ1) is 12.2. The summed E-state index contributed by atoms with van der Waals surface area (Å²) in [6.45, 7) is 2.90. The molecule has 3 rings (SSSR count). The van der Waals surface area contributed by atoms with Gasteiger partial charge in [0.05, 0.1) is 23.6 Å². The van der Waals surface area contributed by atoms with Gasteiger partial charge in [0.2, 0.25) is 5.91 Å². The Morgan fingerprint density at radius 1 is 1.58 bits per heavy atom. The molecule has 0 spiro atoms. The van der Waals surface area contributed by atoms with Crippen molar-refractivity contribution in [3.63, 3.8) is 0 Å². The number of nitrogens with one attached hydrogen (secondary N) is 1. The van der Waals surface area contributed by atoms with E-state index in [9.17, 15) is 4.79 Å². The largest absolute Gasteiger partial charge is 0.340 e. The molecule has 1 aliphatic rings. The zero-order valence-corrected chi connectivity index (χ0v) is 11.0. The molecule has 5 heteroatoms. The molecule has 1 amide bonds. The highest BCUT2D eigenvalue weighted by Crippen LogP contribution is 2.31. The second kappa shape index (κ2) is 4.66. The molecule has 0 radical (unpaired) electrons. The fourth-order valence-corrected chi connectivity index (χ4v) is 2.77. The number of aryl methyl sites for hydroxylation is 1. The summed E-state index contributed by atoms with van der Waals surface area (Å²) in [6, 6.07) is 6.18. The molecule has 1 aromatic carbocycles. The van der Waals surface area contributed by atoms with Crippen LogP contribution in [0.5, 0.6) is 0 Å². The average molecular weight is 258 g/mol. The third-order valence-electron chi connectivity index (χ3n) is 3.72. The Kier molecular flexibility index (Phi) is 2.98. The highest BCUT2D eigenvalue weighted by molar-refractivity contribution is 5.79. The van der Waals surface area contributed by atoms with E-state index in [0.717, 1.165) is 36.2 Å². The first-order valence-electron chi connectivity index (χ1n) is 6.65. The third-order valence-corrected chi connectivity index (χ3v) is 3.72. The quantitative estimate of drug-likeness (QED) is 0.857. The molecule has 19 heavy (non-hydrogen) atoms. The number of H-pyrrole nitrogens is 1. The summed E-state index contributed by atoms with van der Waals surface area (Å²) in [7, 11) is 0. The molecule has 1 unspecified atom stereocenters. The molecule has 1 atom stereocenters. The monoisotopic (exact) mass is 258 g/mol. The highest BCUT2D eigenvalue weighted by Gasteiger charge is 2.31. The van der Waals surface area contributed by atoms with Gasteiger partial charge in [-0.3, -0.25) is 4.79 Å². The Bertz CT molecular complexity index is 619. The van der Waals surface area contributed by atoms with Crippen LogP contribution in [0.15, 0.2) is 18.2 Å². The van der Waals surface area contributed by atoms with Crippen molar-refractivity contribution >= 4 is 16.9 Å². The number of amides is 1. The van der Waals surface area contributed by atoms with Crippen LogP contribution in [0.3, 0.4) is 0 Å². The maximum atomic E-state index is 11.8. The van der Waals surface area contributed by atoms with E-state index in [1.165, 1.54) is 5.56 Å². The van der Waals surface area contributed by atoms with Crippen molar-refractivity contribution in [1.29, 1.82) is 0 Å². The van der Waals surface area contributed by atoms with Gasteiger partial charge in [0.1, 0.15) is 5.82 Å². The van der Waals surface area contributed by atoms with E-state index in [2.05, 4.69) is 23.0 Å². The third kappa shape index (κ3) is 2.10. The number of benzene rings is 1. The number of nitrogens with zero attached hydrogens (tertiary/aromatic N) is 2. The van der Waals surface area contributed by atoms with E-state index in [1.807, 2.05) is 17.0 Å². The van der Waals surface area contributed by atoms with E-state index in [1.54, 1.807) is 0 Å². The van der Waals surface area contributed by atoms with Gasteiger partial charge in [-0.1, -0.05) is 6.07 Å². The number of likely N-dealkylation sites (tertiary alicyclic amines) is 1. The van der Waals surface area contributed by atoms with Crippen LogP contribution in [0.4, 0.5) is 0 Å². The summed E-state index contributed by atoms with van der Waals surface area (Å²) in [6.07, 6.45) is 1.96. The summed E-state index contributed by atoms with van der Waals surface area (Å²) in [5.41, 5.74) is 8.64.